The van der Waals surface area contributed by atoms with E-state index in [0.29, 0.717) is 27.9 Å². The van der Waals surface area contributed by atoms with Gasteiger partial charge in [-0.05, 0) is 36.2 Å². The highest BCUT2D eigenvalue weighted by Crippen LogP contribution is 2.38. The molecule has 152 valence electrons. The molecule has 0 spiro atoms. The van der Waals surface area contributed by atoms with Crippen LogP contribution in [0.2, 0.25) is 0 Å². The van der Waals surface area contributed by atoms with Crippen molar-refractivity contribution in [3.05, 3.63) is 75.5 Å². The first kappa shape index (κ1) is 19.3. The second kappa shape index (κ2) is 7.43. The van der Waals surface area contributed by atoms with Gasteiger partial charge in [-0.15, -0.1) is 0 Å². The molecule has 0 aliphatic carbocycles. The number of nitro benzene ring substituents is 1. The van der Waals surface area contributed by atoms with Crippen LogP contribution in [0.3, 0.4) is 0 Å². The van der Waals surface area contributed by atoms with E-state index in [-0.39, 0.29) is 36.2 Å². The first-order valence-electron chi connectivity index (χ1n) is 9.21. The number of fused-ring (bicyclic) bond motifs is 1. The van der Waals surface area contributed by atoms with Crippen molar-refractivity contribution in [1.29, 1.82) is 0 Å². The lowest BCUT2D eigenvalue weighted by molar-refractivity contribution is -0.385. The topological polar surface area (TPSA) is 108 Å². The van der Waals surface area contributed by atoms with Crippen LogP contribution < -0.4 is 4.74 Å². The third-order valence-corrected chi connectivity index (χ3v) is 5.02. The molecule has 1 aliphatic heterocycles. The van der Waals surface area contributed by atoms with Crippen LogP contribution in [-0.4, -0.2) is 45.1 Å². The number of amides is 2. The average Bonchev–Trinajstić information content (AvgIpc) is 3.28. The first-order chi connectivity index (χ1) is 14.4. The lowest BCUT2D eigenvalue weighted by Gasteiger charge is -2.15. The number of nitro groups is 1. The third-order valence-electron chi connectivity index (χ3n) is 5.02. The Morgan fingerprint density at radius 2 is 1.73 bits per heavy atom. The average molecular weight is 406 g/mol. The molecule has 2 aromatic carbocycles. The van der Waals surface area contributed by atoms with Crippen LogP contribution in [0.15, 0.2) is 48.7 Å². The van der Waals surface area contributed by atoms with Crippen molar-refractivity contribution in [1.82, 2.24) is 14.7 Å². The lowest BCUT2D eigenvalue weighted by atomic mass is 10.0. The summed E-state index contributed by atoms with van der Waals surface area (Å²) in [6, 6.07) is 11.5. The minimum absolute atomic E-state index is 0.109. The second-order valence-electron chi connectivity index (χ2n) is 6.89. The fraction of sp³-hybridized carbons (Fsp3) is 0.190. The Bertz CT molecular complexity index is 1150. The largest absolute Gasteiger partial charge is 0.490 e. The van der Waals surface area contributed by atoms with Crippen molar-refractivity contribution in [2.75, 3.05) is 13.7 Å². The van der Waals surface area contributed by atoms with Crippen molar-refractivity contribution in [2.24, 2.45) is 7.05 Å². The SMILES string of the molecule is COc1c(-c2ccn(C)n2)cc(CCN2C(=O)c3ccccc3C2=O)cc1[N+](=O)[O-]. The summed E-state index contributed by atoms with van der Waals surface area (Å²) >= 11 is 0. The molecule has 0 N–H and O–H groups in total. The number of carbonyl (C=O) groups excluding carboxylic acids is 2. The van der Waals surface area contributed by atoms with Gasteiger partial charge in [-0.2, -0.15) is 5.10 Å². The van der Waals surface area contributed by atoms with E-state index in [2.05, 4.69) is 5.10 Å². The predicted molar refractivity (Wildman–Crippen MR) is 107 cm³/mol. The maximum atomic E-state index is 12.6. The van der Waals surface area contributed by atoms with Crippen LogP contribution >= 0.6 is 0 Å². The lowest BCUT2D eigenvalue weighted by Crippen LogP contribution is -2.31. The fourth-order valence-electron chi connectivity index (χ4n) is 3.60. The highest BCUT2D eigenvalue weighted by molar-refractivity contribution is 6.21. The molecule has 1 aromatic heterocycles. The second-order valence-corrected chi connectivity index (χ2v) is 6.89. The van der Waals surface area contributed by atoms with Gasteiger partial charge in [0.2, 0.25) is 5.75 Å². The van der Waals surface area contributed by atoms with Crippen LogP contribution in [0.4, 0.5) is 5.69 Å². The van der Waals surface area contributed by atoms with Gasteiger partial charge in [0.25, 0.3) is 11.8 Å². The molecule has 0 bridgehead atoms. The fourth-order valence-corrected chi connectivity index (χ4v) is 3.60. The smallest absolute Gasteiger partial charge is 0.311 e. The molecule has 0 atom stereocenters. The van der Waals surface area contributed by atoms with Gasteiger partial charge in [0.05, 0.1) is 34.4 Å². The van der Waals surface area contributed by atoms with E-state index in [9.17, 15) is 19.7 Å². The molecule has 0 radical (unpaired) electrons. The van der Waals surface area contributed by atoms with Crippen molar-refractivity contribution in [2.45, 2.75) is 6.42 Å². The number of hydrogen-bond acceptors (Lipinski definition) is 6. The number of nitrogens with zero attached hydrogens (tertiary/aromatic N) is 4. The molecule has 0 saturated heterocycles. The Hall–Kier alpha value is -4.01. The van der Waals surface area contributed by atoms with Gasteiger partial charge in [-0.1, -0.05) is 12.1 Å². The Labute approximate surface area is 171 Å². The van der Waals surface area contributed by atoms with E-state index in [1.165, 1.54) is 18.1 Å². The maximum Gasteiger partial charge on any atom is 0.311 e. The first-order valence-corrected chi connectivity index (χ1v) is 9.21. The molecule has 9 nitrogen and oxygen atoms in total. The zero-order valence-corrected chi connectivity index (χ0v) is 16.4. The normalized spacial score (nSPS) is 12.9. The standard InChI is InChI=1S/C21H18N4O5/c1-23-9-8-17(22-23)16-11-13(12-18(25(28)29)19(16)30-2)7-10-24-20(26)14-5-3-4-6-15(14)21(24)27/h3-6,8-9,11-12H,7,10H2,1-2H3. The predicted octanol–water partition coefficient (Wildman–Crippen LogP) is 2.84. The maximum absolute atomic E-state index is 12.6. The minimum Gasteiger partial charge on any atom is -0.490 e. The highest BCUT2D eigenvalue weighted by atomic mass is 16.6. The number of carbonyl (C=O) groups is 2. The molecule has 9 heteroatoms. The van der Waals surface area contributed by atoms with Crippen LogP contribution in [0.25, 0.3) is 11.3 Å². The molecule has 3 aromatic rings. The quantitative estimate of drug-likeness (QED) is 0.354. The van der Waals surface area contributed by atoms with E-state index in [1.54, 1.807) is 54.3 Å². The molecular weight excluding hydrogens is 388 g/mol. The zero-order chi connectivity index (χ0) is 21.4. The van der Waals surface area contributed by atoms with Gasteiger partial charge in [0.1, 0.15) is 0 Å². The summed E-state index contributed by atoms with van der Waals surface area (Å²) in [5.41, 5.74) is 2.15. The number of ether oxygens (including phenoxy) is 1. The van der Waals surface area contributed by atoms with Crippen molar-refractivity contribution >= 4 is 17.5 Å². The van der Waals surface area contributed by atoms with E-state index >= 15 is 0 Å². The highest BCUT2D eigenvalue weighted by Gasteiger charge is 2.34. The van der Waals surface area contributed by atoms with Gasteiger partial charge in [-0.25, -0.2) is 0 Å². The Morgan fingerprint density at radius 1 is 1.07 bits per heavy atom. The van der Waals surface area contributed by atoms with Crippen molar-refractivity contribution in [3.63, 3.8) is 0 Å². The summed E-state index contributed by atoms with van der Waals surface area (Å²) in [4.78, 5) is 37.4. The summed E-state index contributed by atoms with van der Waals surface area (Å²) in [7, 11) is 3.11. The van der Waals surface area contributed by atoms with Crippen LogP contribution in [0.5, 0.6) is 5.75 Å². The van der Waals surface area contributed by atoms with Gasteiger partial charge in [0.15, 0.2) is 0 Å². The molecule has 0 saturated carbocycles. The molecular formula is C21H18N4O5. The summed E-state index contributed by atoms with van der Waals surface area (Å²) < 4.78 is 6.89. The van der Waals surface area contributed by atoms with Crippen LogP contribution in [-0.2, 0) is 13.5 Å². The number of aromatic nitrogens is 2. The van der Waals surface area contributed by atoms with Gasteiger partial charge < -0.3 is 4.74 Å². The van der Waals surface area contributed by atoms with Gasteiger partial charge >= 0.3 is 5.69 Å². The van der Waals surface area contributed by atoms with E-state index in [1.807, 2.05) is 0 Å². The van der Waals surface area contributed by atoms with Crippen LogP contribution in [0, 0.1) is 10.1 Å². The monoisotopic (exact) mass is 406 g/mol. The summed E-state index contributed by atoms with van der Waals surface area (Å²) in [6.45, 7) is 0.109. The molecule has 30 heavy (non-hydrogen) atoms. The Kier molecular flexibility index (Phi) is 4.78. The van der Waals surface area contributed by atoms with E-state index in [4.69, 9.17) is 4.74 Å². The summed E-state index contributed by atoms with van der Waals surface area (Å²) in [5, 5.41) is 15.9. The molecule has 4 rings (SSSR count). The molecule has 2 amide bonds. The Balaban J connectivity index is 1.67. The number of methoxy groups -OCH3 is 1. The van der Waals surface area contributed by atoms with Gasteiger partial charge in [0, 0.05) is 25.9 Å². The minimum atomic E-state index is -0.517. The van der Waals surface area contributed by atoms with E-state index < -0.39 is 4.92 Å². The van der Waals surface area contributed by atoms with Crippen molar-refractivity contribution < 1.29 is 19.2 Å². The van der Waals surface area contributed by atoms with Gasteiger partial charge in [-0.3, -0.25) is 29.3 Å². The Morgan fingerprint density at radius 3 is 2.27 bits per heavy atom. The van der Waals surface area contributed by atoms with Crippen LogP contribution in [0.1, 0.15) is 26.3 Å². The summed E-state index contributed by atoms with van der Waals surface area (Å²) in [6.07, 6.45) is 1.99. The number of hydrogen-bond donors (Lipinski definition) is 0. The number of imide groups is 1. The molecule has 0 unspecified atom stereocenters. The molecule has 2 heterocycles. The third kappa shape index (κ3) is 3.20. The zero-order valence-electron chi connectivity index (χ0n) is 16.4. The molecule has 0 fully saturated rings. The number of aryl methyl sites for hydroxylation is 1. The number of benzene rings is 2. The molecule has 1 aliphatic rings. The van der Waals surface area contributed by atoms with Crippen molar-refractivity contribution in [3.8, 4) is 17.0 Å². The summed E-state index contributed by atoms with van der Waals surface area (Å²) in [5.74, 6) is -0.602. The number of rotatable bonds is 6. The van der Waals surface area contributed by atoms with E-state index in [0.717, 1.165) is 0 Å².